The van der Waals surface area contributed by atoms with E-state index in [1.165, 1.54) is 5.69 Å². The number of para-hydroxylation sites is 2. The third-order valence-corrected chi connectivity index (χ3v) is 3.82. The summed E-state index contributed by atoms with van der Waals surface area (Å²) in [6, 6.07) is 8.56. The molecule has 1 aliphatic heterocycles. The molecule has 1 heterocycles. The van der Waals surface area contributed by atoms with Crippen molar-refractivity contribution in [2.45, 2.75) is 33.2 Å². The van der Waals surface area contributed by atoms with E-state index in [2.05, 4.69) is 30.9 Å². The molecule has 1 unspecified atom stereocenters. The number of ether oxygens (including phenoxy) is 1. The molecule has 0 bridgehead atoms. The largest absolute Gasteiger partial charge is 0.492 e. The van der Waals surface area contributed by atoms with Crippen LogP contribution in [-0.2, 0) is 0 Å². The van der Waals surface area contributed by atoms with E-state index in [0.717, 1.165) is 25.3 Å². The Bertz CT molecular complexity index is 403. The monoisotopic (exact) mass is 248 g/mol. The second kappa shape index (κ2) is 5.19. The molecule has 1 aliphatic rings. The zero-order valence-corrected chi connectivity index (χ0v) is 11.6. The van der Waals surface area contributed by atoms with Crippen LogP contribution in [0.5, 0.6) is 5.75 Å². The average molecular weight is 248 g/mol. The van der Waals surface area contributed by atoms with Gasteiger partial charge in [-0.05, 0) is 30.9 Å². The van der Waals surface area contributed by atoms with Gasteiger partial charge < -0.3 is 15.4 Å². The summed E-state index contributed by atoms with van der Waals surface area (Å²) >= 11 is 0. The molecule has 1 fully saturated rings. The van der Waals surface area contributed by atoms with Crippen LogP contribution in [0.2, 0.25) is 0 Å². The van der Waals surface area contributed by atoms with Gasteiger partial charge in [0, 0.05) is 19.1 Å². The number of benzene rings is 1. The van der Waals surface area contributed by atoms with Crippen LogP contribution in [0.25, 0.3) is 0 Å². The molecule has 3 nitrogen and oxygen atoms in total. The predicted octanol–water partition coefficient (Wildman–Crippen LogP) is 2.65. The number of nitrogens with two attached hydrogens (primary N) is 1. The molecule has 2 rings (SSSR count). The van der Waals surface area contributed by atoms with Crippen LogP contribution in [-0.4, -0.2) is 25.7 Å². The Morgan fingerprint density at radius 2 is 2.11 bits per heavy atom. The lowest BCUT2D eigenvalue weighted by atomic mass is 9.79. The number of anilines is 1. The minimum absolute atomic E-state index is 0.150. The molecule has 1 aromatic rings. The van der Waals surface area contributed by atoms with Crippen molar-refractivity contribution in [1.29, 1.82) is 0 Å². The molecule has 0 saturated carbocycles. The first-order valence-electron chi connectivity index (χ1n) is 6.77. The van der Waals surface area contributed by atoms with E-state index in [-0.39, 0.29) is 11.5 Å². The van der Waals surface area contributed by atoms with Gasteiger partial charge in [-0.1, -0.05) is 26.0 Å². The third-order valence-electron chi connectivity index (χ3n) is 3.82. The van der Waals surface area contributed by atoms with Gasteiger partial charge in [-0.25, -0.2) is 0 Å². The van der Waals surface area contributed by atoms with Crippen LogP contribution < -0.4 is 15.4 Å². The Kier molecular flexibility index (Phi) is 3.81. The van der Waals surface area contributed by atoms with E-state index < -0.39 is 0 Å². The molecular formula is C15H24N2O. The van der Waals surface area contributed by atoms with Crippen molar-refractivity contribution in [2.24, 2.45) is 11.1 Å². The predicted molar refractivity (Wildman–Crippen MR) is 76.2 cm³/mol. The molecule has 0 spiro atoms. The SMILES string of the molecule is CCOc1ccccc1N1CCC(N)C(C)(C)C1. The normalized spacial score (nSPS) is 22.9. The first-order chi connectivity index (χ1) is 8.54. The summed E-state index contributed by atoms with van der Waals surface area (Å²) in [5.74, 6) is 0.978. The fraction of sp³-hybridized carbons (Fsp3) is 0.600. The maximum atomic E-state index is 6.19. The van der Waals surface area contributed by atoms with Gasteiger partial charge in [-0.3, -0.25) is 0 Å². The number of hydrogen-bond donors (Lipinski definition) is 1. The fourth-order valence-corrected chi connectivity index (χ4v) is 2.58. The Morgan fingerprint density at radius 3 is 2.78 bits per heavy atom. The average Bonchev–Trinajstić information content (AvgIpc) is 2.34. The second-order valence-corrected chi connectivity index (χ2v) is 5.71. The van der Waals surface area contributed by atoms with Crippen molar-refractivity contribution in [3.05, 3.63) is 24.3 Å². The molecule has 18 heavy (non-hydrogen) atoms. The maximum Gasteiger partial charge on any atom is 0.142 e. The smallest absolute Gasteiger partial charge is 0.142 e. The first-order valence-corrected chi connectivity index (χ1v) is 6.77. The lowest BCUT2D eigenvalue weighted by molar-refractivity contribution is 0.243. The van der Waals surface area contributed by atoms with Crippen molar-refractivity contribution in [3.63, 3.8) is 0 Å². The first kappa shape index (κ1) is 13.2. The van der Waals surface area contributed by atoms with Crippen molar-refractivity contribution >= 4 is 5.69 Å². The van der Waals surface area contributed by atoms with Crippen molar-refractivity contribution in [1.82, 2.24) is 0 Å². The molecular weight excluding hydrogens is 224 g/mol. The third kappa shape index (κ3) is 2.61. The highest BCUT2D eigenvalue weighted by Crippen LogP contribution is 2.35. The summed E-state index contributed by atoms with van der Waals surface area (Å²) in [7, 11) is 0. The minimum Gasteiger partial charge on any atom is -0.492 e. The van der Waals surface area contributed by atoms with Gasteiger partial charge in [-0.15, -0.1) is 0 Å². The van der Waals surface area contributed by atoms with E-state index in [0.29, 0.717) is 6.61 Å². The zero-order chi connectivity index (χ0) is 13.2. The van der Waals surface area contributed by atoms with E-state index in [4.69, 9.17) is 10.5 Å². The standard InChI is InChI=1S/C15H24N2O/c1-4-18-13-8-6-5-7-12(13)17-10-9-14(16)15(2,3)11-17/h5-8,14H,4,9-11,16H2,1-3H3. The van der Waals surface area contributed by atoms with Gasteiger partial charge >= 0.3 is 0 Å². The summed E-state index contributed by atoms with van der Waals surface area (Å²) in [6.45, 7) is 9.20. The minimum atomic E-state index is 0.150. The topological polar surface area (TPSA) is 38.5 Å². The van der Waals surface area contributed by atoms with Crippen LogP contribution in [0, 0.1) is 5.41 Å². The van der Waals surface area contributed by atoms with E-state index in [9.17, 15) is 0 Å². The van der Waals surface area contributed by atoms with E-state index in [1.807, 2.05) is 19.1 Å². The highest BCUT2D eigenvalue weighted by atomic mass is 16.5. The number of rotatable bonds is 3. The van der Waals surface area contributed by atoms with Gasteiger partial charge in [0.05, 0.1) is 12.3 Å². The summed E-state index contributed by atoms with van der Waals surface area (Å²) in [6.07, 6.45) is 1.04. The van der Waals surface area contributed by atoms with Crippen molar-refractivity contribution in [3.8, 4) is 5.75 Å². The summed E-state index contributed by atoms with van der Waals surface area (Å²) in [4.78, 5) is 2.40. The lowest BCUT2D eigenvalue weighted by Crippen LogP contribution is -2.52. The summed E-state index contributed by atoms with van der Waals surface area (Å²) in [5, 5.41) is 0. The highest BCUT2D eigenvalue weighted by Gasteiger charge is 2.34. The van der Waals surface area contributed by atoms with Crippen LogP contribution in [0.3, 0.4) is 0 Å². The highest BCUT2D eigenvalue weighted by molar-refractivity contribution is 5.59. The molecule has 0 radical (unpaired) electrons. The summed E-state index contributed by atoms with van der Waals surface area (Å²) < 4.78 is 5.71. The fourth-order valence-electron chi connectivity index (χ4n) is 2.58. The van der Waals surface area contributed by atoms with Crippen LogP contribution >= 0.6 is 0 Å². The molecule has 1 atom stereocenters. The molecule has 0 aromatic heterocycles. The van der Waals surface area contributed by atoms with Gasteiger partial charge in [-0.2, -0.15) is 0 Å². The molecule has 1 aromatic carbocycles. The molecule has 2 N–H and O–H groups in total. The van der Waals surface area contributed by atoms with Crippen molar-refractivity contribution in [2.75, 3.05) is 24.6 Å². The van der Waals surface area contributed by atoms with Gasteiger partial charge in [0.1, 0.15) is 5.75 Å². The van der Waals surface area contributed by atoms with E-state index >= 15 is 0 Å². The van der Waals surface area contributed by atoms with E-state index in [1.54, 1.807) is 0 Å². The zero-order valence-electron chi connectivity index (χ0n) is 11.6. The summed E-state index contributed by atoms with van der Waals surface area (Å²) in [5.41, 5.74) is 7.54. The van der Waals surface area contributed by atoms with Crippen LogP contribution in [0.1, 0.15) is 27.2 Å². The Labute approximate surface area is 110 Å². The molecule has 0 aliphatic carbocycles. The maximum absolute atomic E-state index is 6.19. The van der Waals surface area contributed by atoms with Crippen LogP contribution in [0.15, 0.2) is 24.3 Å². The molecule has 3 heteroatoms. The molecule has 0 amide bonds. The molecule has 1 saturated heterocycles. The second-order valence-electron chi connectivity index (χ2n) is 5.71. The van der Waals surface area contributed by atoms with Crippen molar-refractivity contribution < 1.29 is 4.74 Å². The molecule has 100 valence electrons. The quantitative estimate of drug-likeness (QED) is 0.893. The van der Waals surface area contributed by atoms with Gasteiger partial charge in [0.2, 0.25) is 0 Å². The number of hydrogen-bond acceptors (Lipinski definition) is 3. The van der Waals surface area contributed by atoms with Gasteiger partial charge in [0.25, 0.3) is 0 Å². The Morgan fingerprint density at radius 1 is 1.39 bits per heavy atom. The number of nitrogens with zero attached hydrogens (tertiary/aromatic N) is 1. The Balaban J connectivity index is 2.22. The van der Waals surface area contributed by atoms with Gasteiger partial charge in [0.15, 0.2) is 0 Å². The lowest BCUT2D eigenvalue weighted by Gasteiger charge is -2.44. The Hall–Kier alpha value is -1.22. The number of piperidine rings is 1. The van der Waals surface area contributed by atoms with Crippen LogP contribution in [0.4, 0.5) is 5.69 Å².